The van der Waals surface area contributed by atoms with E-state index in [1.165, 1.54) is 48.4 Å². The molecule has 0 aliphatic rings. The fourth-order valence-corrected chi connectivity index (χ4v) is 4.09. The number of amides is 1. The van der Waals surface area contributed by atoms with Crippen molar-refractivity contribution in [2.24, 2.45) is 0 Å². The lowest BCUT2D eigenvalue weighted by atomic mass is 9.95. The van der Waals surface area contributed by atoms with Crippen LogP contribution in [-0.2, 0) is 4.79 Å². The van der Waals surface area contributed by atoms with Gasteiger partial charge in [-0.15, -0.1) is 14.8 Å². The van der Waals surface area contributed by atoms with Gasteiger partial charge in [0, 0.05) is 22.4 Å². The number of carbonyl (C=O) groups excluding carboxylic acids is 2. The number of nitrogens with zero attached hydrogens (tertiary/aromatic N) is 4. The number of benzene rings is 3. The molecule has 0 unspecified atom stereocenters. The first kappa shape index (κ1) is 24.3. The third-order valence-corrected chi connectivity index (χ3v) is 5.92. The van der Waals surface area contributed by atoms with Crippen LogP contribution in [0.25, 0.3) is 27.9 Å². The number of carbonyl (C=O) groups is 2. The minimum Gasteiger partial charge on any atom is -0.496 e. The van der Waals surface area contributed by atoms with Crippen molar-refractivity contribution >= 4 is 28.7 Å². The largest absolute Gasteiger partial charge is 0.496 e. The molecule has 3 aromatic carbocycles. The first-order chi connectivity index (χ1) is 18.4. The topological polar surface area (TPSA) is 125 Å². The zero-order chi connectivity index (χ0) is 26.8. The molecule has 0 saturated heterocycles. The maximum atomic E-state index is 13.4. The summed E-state index contributed by atoms with van der Waals surface area (Å²) < 4.78 is 20.3. The Kier molecular flexibility index (Phi) is 6.36. The lowest BCUT2D eigenvalue weighted by Gasteiger charge is -2.11. The van der Waals surface area contributed by atoms with Crippen LogP contribution in [0, 0.1) is 5.82 Å². The van der Waals surface area contributed by atoms with Gasteiger partial charge in [0.05, 0.1) is 12.7 Å². The molecular weight excluding hydrogens is 487 g/mol. The summed E-state index contributed by atoms with van der Waals surface area (Å²) in [6.07, 6.45) is 2.50. The number of methoxy groups -OCH3 is 1. The maximum Gasteiger partial charge on any atom is 0.247 e. The summed E-state index contributed by atoms with van der Waals surface area (Å²) in [6.45, 7) is 3.46. The molecule has 5 rings (SSSR count). The molecule has 10 heteroatoms. The van der Waals surface area contributed by atoms with Gasteiger partial charge in [-0.3, -0.25) is 9.59 Å². The van der Waals surface area contributed by atoms with E-state index in [1.54, 1.807) is 42.5 Å². The summed E-state index contributed by atoms with van der Waals surface area (Å²) >= 11 is 0. The van der Waals surface area contributed by atoms with Crippen LogP contribution in [0.3, 0.4) is 0 Å². The zero-order valence-corrected chi connectivity index (χ0v) is 20.2. The van der Waals surface area contributed by atoms with Crippen LogP contribution in [0.15, 0.2) is 85.7 Å². The first-order valence-corrected chi connectivity index (χ1v) is 11.4. The normalized spacial score (nSPS) is 10.8. The molecule has 0 saturated carbocycles. The minimum atomic E-state index is -0.430. The molecule has 0 aliphatic carbocycles. The number of hydrogen-bond acceptors (Lipinski definition) is 7. The van der Waals surface area contributed by atoms with Gasteiger partial charge in [0.2, 0.25) is 5.91 Å². The molecule has 0 radical (unpaired) electrons. The second kappa shape index (κ2) is 9.94. The third kappa shape index (κ3) is 4.46. The number of rotatable bonds is 7. The Morgan fingerprint density at radius 3 is 2.45 bits per heavy atom. The van der Waals surface area contributed by atoms with E-state index in [0.29, 0.717) is 44.9 Å². The predicted octanol–water partition coefficient (Wildman–Crippen LogP) is 4.54. The van der Waals surface area contributed by atoms with Gasteiger partial charge in [-0.2, -0.15) is 0 Å². The summed E-state index contributed by atoms with van der Waals surface area (Å²) in [6, 6.07) is 17.5. The Labute approximate surface area is 216 Å². The fraction of sp³-hybridized carbons (Fsp3) is 0.0357. The van der Waals surface area contributed by atoms with E-state index in [-0.39, 0.29) is 17.5 Å². The Morgan fingerprint density at radius 2 is 1.76 bits per heavy atom. The molecule has 5 aromatic rings. The smallest absolute Gasteiger partial charge is 0.247 e. The lowest BCUT2D eigenvalue weighted by molar-refractivity contribution is -0.111. The number of nitrogen functional groups attached to an aromatic ring is 1. The standard InChI is InChI=1S/C28H21FN6O3/c1-3-23(36)33-20-11-6-16(7-12-20)25-24(26-28(30)31-15-32-35(26)34-25)18-8-13-21(22(14-18)38-2)27(37)17-4-9-19(29)10-5-17/h3-15H,1H2,2H3,(H,33,36)(H2,30,31,32). The number of aromatic nitrogens is 4. The first-order valence-electron chi connectivity index (χ1n) is 11.4. The molecule has 9 nitrogen and oxygen atoms in total. The van der Waals surface area contributed by atoms with Crippen molar-refractivity contribution in [2.45, 2.75) is 0 Å². The van der Waals surface area contributed by atoms with Crippen LogP contribution in [-0.4, -0.2) is 38.6 Å². The number of hydrogen-bond donors (Lipinski definition) is 2. The number of fused-ring (bicyclic) bond motifs is 1. The van der Waals surface area contributed by atoms with Crippen LogP contribution in [0.4, 0.5) is 15.9 Å². The molecule has 3 N–H and O–H groups in total. The van der Waals surface area contributed by atoms with Crippen LogP contribution < -0.4 is 15.8 Å². The molecule has 2 aromatic heterocycles. The maximum absolute atomic E-state index is 13.4. The van der Waals surface area contributed by atoms with E-state index >= 15 is 0 Å². The summed E-state index contributed by atoms with van der Waals surface area (Å²) in [5.41, 5.74) is 10.5. The third-order valence-electron chi connectivity index (χ3n) is 5.92. The fourth-order valence-electron chi connectivity index (χ4n) is 4.09. The zero-order valence-electron chi connectivity index (χ0n) is 20.2. The van der Waals surface area contributed by atoms with Crippen molar-refractivity contribution in [1.82, 2.24) is 19.8 Å². The number of nitrogens with two attached hydrogens (primary N) is 1. The van der Waals surface area contributed by atoms with Crippen LogP contribution in [0.1, 0.15) is 15.9 Å². The summed E-state index contributed by atoms with van der Waals surface area (Å²) in [5.74, 6) is -0.528. The van der Waals surface area contributed by atoms with E-state index in [4.69, 9.17) is 10.5 Å². The number of nitrogens with one attached hydrogen (secondary N) is 1. The highest BCUT2D eigenvalue weighted by Gasteiger charge is 2.22. The van der Waals surface area contributed by atoms with Crippen LogP contribution in [0.5, 0.6) is 5.75 Å². The van der Waals surface area contributed by atoms with E-state index in [2.05, 4.69) is 27.1 Å². The van der Waals surface area contributed by atoms with Gasteiger partial charge in [0.1, 0.15) is 29.1 Å². The quantitative estimate of drug-likeness (QED) is 0.244. The number of halogens is 1. The average molecular weight is 509 g/mol. The molecule has 0 spiro atoms. The van der Waals surface area contributed by atoms with Crippen molar-refractivity contribution in [2.75, 3.05) is 18.2 Å². The van der Waals surface area contributed by atoms with Crippen molar-refractivity contribution in [1.29, 1.82) is 0 Å². The van der Waals surface area contributed by atoms with Crippen molar-refractivity contribution in [3.63, 3.8) is 0 Å². The van der Waals surface area contributed by atoms with Gasteiger partial charge < -0.3 is 15.8 Å². The Morgan fingerprint density at radius 1 is 1.05 bits per heavy atom. The molecular formula is C28H21FN6O3. The Bertz CT molecular complexity index is 1700. The van der Waals surface area contributed by atoms with Crippen molar-refractivity contribution in [3.05, 3.63) is 103 Å². The minimum absolute atomic E-state index is 0.217. The van der Waals surface area contributed by atoms with Crippen LogP contribution in [0.2, 0.25) is 0 Å². The second-order valence-corrected chi connectivity index (χ2v) is 8.23. The molecule has 188 valence electrons. The highest BCUT2D eigenvalue weighted by molar-refractivity contribution is 6.11. The van der Waals surface area contributed by atoms with E-state index < -0.39 is 5.82 Å². The van der Waals surface area contributed by atoms with Gasteiger partial charge in [0.25, 0.3) is 0 Å². The molecule has 0 bridgehead atoms. The van der Waals surface area contributed by atoms with Gasteiger partial charge in [0.15, 0.2) is 11.6 Å². The molecule has 0 atom stereocenters. The number of ether oxygens (including phenoxy) is 1. The molecule has 0 fully saturated rings. The van der Waals surface area contributed by atoms with Gasteiger partial charge in [-0.05, 0) is 60.2 Å². The van der Waals surface area contributed by atoms with E-state index in [9.17, 15) is 14.0 Å². The lowest BCUT2D eigenvalue weighted by Crippen LogP contribution is -2.06. The van der Waals surface area contributed by atoms with Crippen molar-refractivity contribution in [3.8, 4) is 28.1 Å². The van der Waals surface area contributed by atoms with E-state index in [0.717, 1.165) is 5.56 Å². The molecule has 1 amide bonds. The predicted molar refractivity (Wildman–Crippen MR) is 141 cm³/mol. The molecule has 0 aliphatic heterocycles. The van der Waals surface area contributed by atoms with Gasteiger partial charge in [-0.1, -0.05) is 24.8 Å². The second-order valence-electron chi connectivity index (χ2n) is 8.23. The van der Waals surface area contributed by atoms with Crippen molar-refractivity contribution < 1.29 is 18.7 Å². The van der Waals surface area contributed by atoms with Crippen LogP contribution >= 0.6 is 0 Å². The van der Waals surface area contributed by atoms with E-state index in [1.807, 2.05) is 0 Å². The Hall–Kier alpha value is -5.38. The molecule has 38 heavy (non-hydrogen) atoms. The SMILES string of the molecule is C=CC(=O)Nc1ccc(-c2nn3ncnc(N)c3c2-c2ccc(C(=O)c3ccc(F)cc3)c(OC)c2)cc1. The highest BCUT2D eigenvalue weighted by atomic mass is 19.1. The summed E-state index contributed by atoms with van der Waals surface area (Å²) in [5, 5.41) is 11.5. The molecule has 2 heterocycles. The summed E-state index contributed by atoms with van der Waals surface area (Å²) in [4.78, 5) is 28.9. The monoisotopic (exact) mass is 508 g/mol. The Balaban J connectivity index is 1.63. The number of ketones is 1. The highest BCUT2D eigenvalue weighted by Crippen LogP contribution is 2.39. The van der Waals surface area contributed by atoms with Gasteiger partial charge in [-0.25, -0.2) is 9.37 Å². The summed E-state index contributed by atoms with van der Waals surface area (Å²) in [7, 11) is 1.46. The van der Waals surface area contributed by atoms with Gasteiger partial charge >= 0.3 is 0 Å². The average Bonchev–Trinajstić information content (AvgIpc) is 3.34. The number of anilines is 2.